The van der Waals surface area contributed by atoms with Gasteiger partial charge in [0.05, 0.1) is 10.7 Å². The van der Waals surface area contributed by atoms with Crippen molar-refractivity contribution in [3.8, 4) is 5.82 Å². The lowest BCUT2D eigenvalue weighted by molar-refractivity contribution is 0.0975. The van der Waals surface area contributed by atoms with E-state index in [1.807, 2.05) is 25.1 Å². The Bertz CT molecular complexity index is 905. The highest BCUT2D eigenvalue weighted by molar-refractivity contribution is 9.10. The number of benzene rings is 1. The molecule has 3 aromatic rings. The van der Waals surface area contributed by atoms with Crippen molar-refractivity contribution >= 4 is 27.5 Å². The van der Waals surface area contributed by atoms with Crippen LogP contribution < -0.4 is 4.90 Å². The molecular weight excluding hydrogens is 370 g/mol. The van der Waals surface area contributed by atoms with Crippen LogP contribution in [0.4, 0.5) is 5.69 Å². The summed E-state index contributed by atoms with van der Waals surface area (Å²) in [6.07, 6.45) is 4.31. The van der Waals surface area contributed by atoms with Gasteiger partial charge in [-0.2, -0.15) is 5.10 Å². The predicted octanol–water partition coefficient (Wildman–Crippen LogP) is 3.02. The van der Waals surface area contributed by atoms with Crippen LogP contribution in [0, 0.1) is 0 Å². The normalized spacial score (nSPS) is 16.2. The van der Waals surface area contributed by atoms with Crippen LogP contribution in [0.15, 0.2) is 53.3 Å². The van der Waals surface area contributed by atoms with E-state index >= 15 is 0 Å². The Morgan fingerprint density at radius 2 is 2.04 bits per heavy atom. The molecular formula is C17H14BrN5O. The van der Waals surface area contributed by atoms with Crippen LogP contribution in [-0.2, 0) is 6.42 Å². The van der Waals surface area contributed by atoms with E-state index in [0.717, 1.165) is 16.6 Å². The number of amides is 1. The van der Waals surface area contributed by atoms with Gasteiger partial charge in [0.25, 0.3) is 5.91 Å². The Labute approximate surface area is 147 Å². The van der Waals surface area contributed by atoms with Crippen molar-refractivity contribution in [3.05, 3.63) is 64.5 Å². The molecule has 1 aromatic carbocycles. The van der Waals surface area contributed by atoms with Crippen LogP contribution in [-0.4, -0.2) is 31.9 Å². The first kappa shape index (κ1) is 15.0. The molecule has 6 nitrogen and oxygen atoms in total. The fourth-order valence-electron chi connectivity index (χ4n) is 2.99. The van der Waals surface area contributed by atoms with Crippen molar-refractivity contribution in [1.29, 1.82) is 0 Å². The first-order valence-corrected chi connectivity index (χ1v) is 8.38. The number of halogens is 1. The van der Waals surface area contributed by atoms with Crippen LogP contribution in [0.25, 0.3) is 5.82 Å². The monoisotopic (exact) mass is 383 g/mol. The Balaban J connectivity index is 1.63. The van der Waals surface area contributed by atoms with Gasteiger partial charge >= 0.3 is 0 Å². The summed E-state index contributed by atoms with van der Waals surface area (Å²) in [5.41, 5.74) is 2.47. The molecule has 0 radical (unpaired) electrons. The third-order valence-electron chi connectivity index (χ3n) is 4.08. The molecule has 24 heavy (non-hydrogen) atoms. The minimum atomic E-state index is -0.131. The molecule has 0 bridgehead atoms. The second kappa shape index (κ2) is 5.83. The number of aromatic nitrogens is 4. The lowest BCUT2D eigenvalue weighted by Crippen LogP contribution is -2.36. The van der Waals surface area contributed by atoms with Gasteiger partial charge in [-0.1, -0.05) is 18.2 Å². The predicted molar refractivity (Wildman–Crippen MR) is 93.3 cm³/mol. The van der Waals surface area contributed by atoms with Crippen molar-refractivity contribution in [2.24, 2.45) is 0 Å². The molecule has 4 rings (SSSR count). The van der Waals surface area contributed by atoms with Crippen molar-refractivity contribution in [2.75, 3.05) is 4.90 Å². The van der Waals surface area contributed by atoms with Gasteiger partial charge in [0.2, 0.25) is 0 Å². The van der Waals surface area contributed by atoms with Crippen molar-refractivity contribution in [2.45, 2.75) is 19.4 Å². The van der Waals surface area contributed by atoms with E-state index in [0.29, 0.717) is 11.5 Å². The Hall–Kier alpha value is -2.54. The summed E-state index contributed by atoms with van der Waals surface area (Å²) in [5.74, 6) is 0.431. The highest BCUT2D eigenvalue weighted by Gasteiger charge is 2.32. The number of anilines is 1. The molecule has 0 fully saturated rings. The topological polar surface area (TPSA) is 63.9 Å². The maximum absolute atomic E-state index is 12.9. The number of fused-ring (bicyclic) bond motifs is 1. The van der Waals surface area contributed by atoms with Crippen LogP contribution in [0.2, 0.25) is 0 Å². The van der Waals surface area contributed by atoms with Crippen LogP contribution in [0.1, 0.15) is 23.0 Å². The first-order chi connectivity index (χ1) is 11.6. The summed E-state index contributed by atoms with van der Waals surface area (Å²) in [6.45, 7) is 2.04. The lowest BCUT2D eigenvalue weighted by atomic mass is 10.1. The zero-order valence-corrected chi connectivity index (χ0v) is 14.5. The quantitative estimate of drug-likeness (QED) is 0.682. The van der Waals surface area contributed by atoms with Gasteiger partial charge < -0.3 is 4.90 Å². The fraction of sp³-hybridized carbons (Fsp3) is 0.176. The molecule has 3 heterocycles. The van der Waals surface area contributed by atoms with Gasteiger partial charge in [-0.3, -0.25) is 4.79 Å². The summed E-state index contributed by atoms with van der Waals surface area (Å²) in [4.78, 5) is 14.7. The van der Waals surface area contributed by atoms with Gasteiger partial charge in [-0.25, -0.2) is 4.68 Å². The highest BCUT2D eigenvalue weighted by atomic mass is 79.9. The van der Waals surface area contributed by atoms with Crippen LogP contribution in [0.5, 0.6) is 0 Å². The molecule has 1 aliphatic rings. The van der Waals surface area contributed by atoms with Gasteiger partial charge in [0.1, 0.15) is 0 Å². The van der Waals surface area contributed by atoms with E-state index in [2.05, 4.69) is 37.3 Å². The molecule has 0 saturated heterocycles. The summed E-state index contributed by atoms with van der Waals surface area (Å²) >= 11 is 3.34. The van der Waals surface area contributed by atoms with Crippen LogP contribution in [0.3, 0.4) is 0 Å². The van der Waals surface area contributed by atoms with Gasteiger partial charge in [-0.15, -0.1) is 10.2 Å². The summed E-state index contributed by atoms with van der Waals surface area (Å²) in [6, 6.07) is 11.5. The molecule has 1 aliphatic heterocycles. The summed E-state index contributed by atoms with van der Waals surface area (Å²) in [7, 11) is 0. The van der Waals surface area contributed by atoms with Gasteiger partial charge in [-0.05, 0) is 53.0 Å². The standard InChI is InChI=1S/C17H14BrN5O/c1-11-8-12-4-2-3-5-15(12)23(11)17(24)14-6-7-16(21-20-14)22-10-13(18)9-19-22/h2-7,9-11H,8H2,1H3/t11-/m1/s1. The largest absolute Gasteiger partial charge is 0.304 e. The third-order valence-corrected chi connectivity index (χ3v) is 4.49. The number of hydrogen-bond acceptors (Lipinski definition) is 4. The molecule has 1 amide bonds. The third kappa shape index (κ3) is 2.50. The summed E-state index contributed by atoms with van der Waals surface area (Å²) in [5, 5.41) is 12.4. The highest BCUT2D eigenvalue weighted by Crippen LogP contribution is 2.32. The smallest absolute Gasteiger partial charge is 0.279 e. The van der Waals surface area contributed by atoms with E-state index < -0.39 is 0 Å². The van der Waals surface area contributed by atoms with Gasteiger partial charge in [0.15, 0.2) is 11.5 Å². The van der Waals surface area contributed by atoms with Crippen molar-refractivity contribution in [3.63, 3.8) is 0 Å². The van der Waals surface area contributed by atoms with Crippen molar-refractivity contribution in [1.82, 2.24) is 20.0 Å². The molecule has 1 atom stereocenters. The molecule has 0 aliphatic carbocycles. The van der Waals surface area contributed by atoms with E-state index in [1.54, 1.807) is 34.1 Å². The zero-order valence-electron chi connectivity index (χ0n) is 12.9. The number of carbonyl (C=O) groups is 1. The Kier molecular flexibility index (Phi) is 3.65. The lowest BCUT2D eigenvalue weighted by Gasteiger charge is -2.22. The second-order valence-electron chi connectivity index (χ2n) is 5.74. The van der Waals surface area contributed by atoms with E-state index in [9.17, 15) is 4.79 Å². The van der Waals surface area contributed by atoms with E-state index in [-0.39, 0.29) is 11.9 Å². The van der Waals surface area contributed by atoms with Crippen LogP contribution >= 0.6 is 15.9 Å². The molecule has 7 heteroatoms. The first-order valence-electron chi connectivity index (χ1n) is 7.59. The second-order valence-corrected chi connectivity index (χ2v) is 6.65. The number of hydrogen-bond donors (Lipinski definition) is 0. The average Bonchev–Trinajstić information content (AvgIpc) is 3.17. The minimum Gasteiger partial charge on any atom is -0.304 e. The zero-order chi connectivity index (χ0) is 16.7. The fourth-order valence-corrected chi connectivity index (χ4v) is 3.27. The molecule has 2 aromatic heterocycles. The number of carbonyl (C=O) groups excluding carboxylic acids is 1. The summed E-state index contributed by atoms with van der Waals surface area (Å²) < 4.78 is 2.45. The number of nitrogens with zero attached hydrogens (tertiary/aromatic N) is 5. The minimum absolute atomic E-state index is 0.110. The Morgan fingerprint density at radius 3 is 2.75 bits per heavy atom. The van der Waals surface area contributed by atoms with E-state index in [1.165, 1.54) is 5.56 Å². The Morgan fingerprint density at radius 1 is 1.21 bits per heavy atom. The molecule has 0 spiro atoms. The van der Waals surface area contributed by atoms with Gasteiger partial charge in [0, 0.05) is 17.9 Å². The number of rotatable bonds is 2. The molecule has 0 N–H and O–H groups in total. The molecule has 0 unspecified atom stereocenters. The molecule has 120 valence electrons. The maximum atomic E-state index is 12.9. The SMILES string of the molecule is C[C@@H]1Cc2ccccc2N1C(=O)c1ccc(-n2cc(Br)cn2)nn1. The van der Waals surface area contributed by atoms with Crippen molar-refractivity contribution < 1.29 is 4.79 Å². The van der Waals surface area contributed by atoms with E-state index in [4.69, 9.17) is 0 Å². The average molecular weight is 384 g/mol. The molecule has 0 saturated carbocycles. The number of para-hydroxylation sites is 1. The maximum Gasteiger partial charge on any atom is 0.279 e.